The second-order valence-corrected chi connectivity index (χ2v) is 8.82. The van der Waals surface area contributed by atoms with E-state index in [1.54, 1.807) is 0 Å². The molecule has 7 heteroatoms. The minimum absolute atomic E-state index is 0.0503. The second kappa shape index (κ2) is 8.76. The van der Waals surface area contributed by atoms with E-state index in [9.17, 15) is 4.79 Å². The van der Waals surface area contributed by atoms with Gasteiger partial charge >= 0.3 is 0 Å². The van der Waals surface area contributed by atoms with Gasteiger partial charge in [-0.2, -0.15) is 0 Å². The third-order valence-corrected chi connectivity index (χ3v) is 6.90. The first kappa shape index (κ1) is 19.5. The van der Waals surface area contributed by atoms with Crippen LogP contribution in [0.5, 0.6) is 5.75 Å². The normalized spacial score (nSPS) is 22.8. The lowest BCUT2D eigenvalue weighted by molar-refractivity contribution is -0.134. The number of likely N-dealkylation sites (tertiary alicyclic amines) is 1. The molecule has 30 heavy (non-hydrogen) atoms. The van der Waals surface area contributed by atoms with Crippen molar-refractivity contribution < 1.29 is 9.53 Å². The number of hydrogen-bond donors (Lipinski definition) is 0. The van der Waals surface area contributed by atoms with Crippen LogP contribution in [0.25, 0.3) is 0 Å². The Morgan fingerprint density at radius 3 is 2.67 bits per heavy atom. The first-order valence-electron chi connectivity index (χ1n) is 11.4. The molecule has 1 aliphatic carbocycles. The number of para-hydroxylation sites is 1. The first-order chi connectivity index (χ1) is 14.8. The largest absolute Gasteiger partial charge is 0.484 e. The second-order valence-electron chi connectivity index (χ2n) is 8.82. The Morgan fingerprint density at radius 1 is 1.00 bits per heavy atom. The minimum Gasteiger partial charge on any atom is -0.484 e. The van der Waals surface area contributed by atoms with Gasteiger partial charge in [0.1, 0.15) is 17.4 Å². The summed E-state index contributed by atoms with van der Waals surface area (Å²) in [4.78, 5) is 17.2. The van der Waals surface area contributed by atoms with Crippen LogP contribution in [-0.2, 0) is 17.9 Å². The molecule has 0 radical (unpaired) electrons. The molecule has 7 nitrogen and oxygen atoms in total. The van der Waals surface area contributed by atoms with Crippen molar-refractivity contribution in [3.8, 4) is 5.75 Å². The van der Waals surface area contributed by atoms with Crippen molar-refractivity contribution in [1.82, 2.24) is 24.6 Å². The van der Waals surface area contributed by atoms with Crippen LogP contribution in [0.15, 0.2) is 30.3 Å². The van der Waals surface area contributed by atoms with E-state index in [1.807, 2.05) is 35.2 Å². The number of fused-ring (bicyclic) bond motifs is 1. The maximum absolute atomic E-state index is 12.7. The lowest BCUT2D eigenvalue weighted by atomic mass is 9.97. The number of piperidine rings is 1. The van der Waals surface area contributed by atoms with E-state index in [1.165, 1.54) is 25.7 Å². The summed E-state index contributed by atoms with van der Waals surface area (Å²) in [6, 6.07) is 10.3. The number of benzene rings is 1. The van der Waals surface area contributed by atoms with Gasteiger partial charge in [0.05, 0.1) is 6.54 Å². The molecular weight excluding hydrogens is 378 g/mol. The molecule has 1 saturated carbocycles. The van der Waals surface area contributed by atoms with Crippen LogP contribution < -0.4 is 4.74 Å². The van der Waals surface area contributed by atoms with E-state index < -0.39 is 0 Å². The molecule has 2 aromatic rings. The monoisotopic (exact) mass is 409 g/mol. The molecule has 2 aliphatic heterocycles. The van der Waals surface area contributed by atoms with Crippen molar-refractivity contribution in [1.29, 1.82) is 0 Å². The Bertz CT molecular complexity index is 862. The predicted molar refractivity (Wildman–Crippen MR) is 113 cm³/mol. The molecule has 3 aliphatic rings. The number of ether oxygens (including phenoxy) is 1. The average molecular weight is 410 g/mol. The van der Waals surface area contributed by atoms with Gasteiger partial charge in [0.15, 0.2) is 6.61 Å². The van der Waals surface area contributed by atoms with Crippen LogP contribution in [0.2, 0.25) is 0 Å². The van der Waals surface area contributed by atoms with Crippen LogP contribution in [0, 0.1) is 0 Å². The highest BCUT2D eigenvalue weighted by Gasteiger charge is 2.32. The van der Waals surface area contributed by atoms with Gasteiger partial charge in [-0.25, -0.2) is 0 Å². The number of carbonyl (C=O) groups is 1. The van der Waals surface area contributed by atoms with Crippen molar-refractivity contribution in [2.75, 3.05) is 26.2 Å². The maximum Gasteiger partial charge on any atom is 0.260 e. The molecule has 0 spiro atoms. The number of nitrogens with zero attached hydrogens (tertiary/aromatic N) is 5. The maximum atomic E-state index is 12.7. The van der Waals surface area contributed by atoms with Gasteiger partial charge in [-0.1, -0.05) is 31.0 Å². The van der Waals surface area contributed by atoms with Gasteiger partial charge < -0.3 is 14.2 Å². The molecule has 1 amide bonds. The summed E-state index contributed by atoms with van der Waals surface area (Å²) in [5.41, 5.74) is 0. The van der Waals surface area contributed by atoms with Crippen molar-refractivity contribution >= 4 is 5.91 Å². The fourth-order valence-corrected chi connectivity index (χ4v) is 5.25. The van der Waals surface area contributed by atoms with Crippen molar-refractivity contribution in [3.63, 3.8) is 0 Å². The van der Waals surface area contributed by atoms with Crippen LogP contribution in [0.1, 0.15) is 56.1 Å². The lowest BCUT2D eigenvalue weighted by Gasteiger charge is -2.35. The van der Waals surface area contributed by atoms with E-state index in [4.69, 9.17) is 4.74 Å². The van der Waals surface area contributed by atoms with Crippen LogP contribution in [-0.4, -0.2) is 62.8 Å². The Kier molecular flexibility index (Phi) is 5.71. The topological polar surface area (TPSA) is 63.5 Å². The van der Waals surface area contributed by atoms with Gasteiger partial charge in [-0.15, -0.1) is 10.2 Å². The van der Waals surface area contributed by atoms with E-state index in [-0.39, 0.29) is 18.4 Å². The molecular formula is C23H31N5O2. The molecule has 3 heterocycles. The lowest BCUT2D eigenvalue weighted by Crippen LogP contribution is -2.43. The van der Waals surface area contributed by atoms with E-state index >= 15 is 0 Å². The van der Waals surface area contributed by atoms with Gasteiger partial charge in [-0.05, 0) is 37.8 Å². The van der Waals surface area contributed by atoms with Gasteiger partial charge in [0.25, 0.3) is 5.91 Å². The van der Waals surface area contributed by atoms with Gasteiger partial charge in [0, 0.05) is 38.1 Å². The highest BCUT2D eigenvalue weighted by atomic mass is 16.5. The Labute approximate surface area is 178 Å². The van der Waals surface area contributed by atoms with Crippen molar-refractivity contribution in [3.05, 3.63) is 42.0 Å². The number of carbonyl (C=O) groups excluding carboxylic acids is 1. The quantitative estimate of drug-likeness (QED) is 0.760. The Morgan fingerprint density at radius 2 is 1.83 bits per heavy atom. The molecule has 1 unspecified atom stereocenters. The Hall–Kier alpha value is -2.41. The number of aromatic nitrogens is 3. The predicted octanol–water partition coefficient (Wildman–Crippen LogP) is 2.82. The molecule has 1 atom stereocenters. The van der Waals surface area contributed by atoms with Crippen LogP contribution in [0.4, 0.5) is 0 Å². The summed E-state index contributed by atoms with van der Waals surface area (Å²) < 4.78 is 7.99. The smallest absolute Gasteiger partial charge is 0.260 e. The summed E-state index contributed by atoms with van der Waals surface area (Å²) in [5.74, 6) is 3.21. The van der Waals surface area contributed by atoms with E-state index in [0.717, 1.165) is 62.5 Å². The van der Waals surface area contributed by atoms with Gasteiger partial charge in [0.2, 0.25) is 0 Å². The molecule has 5 rings (SSSR count). The third-order valence-electron chi connectivity index (χ3n) is 6.90. The van der Waals surface area contributed by atoms with Crippen molar-refractivity contribution in [2.24, 2.45) is 0 Å². The van der Waals surface area contributed by atoms with E-state index in [2.05, 4.69) is 19.7 Å². The van der Waals surface area contributed by atoms with Crippen LogP contribution in [0.3, 0.4) is 0 Å². The molecule has 2 fully saturated rings. The highest BCUT2D eigenvalue weighted by Crippen LogP contribution is 2.30. The zero-order valence-corrected chi connectivity index (χ0v) is 17.6. The van der Waals surface area contributed by atoms with E-state index in [0.29, 0.717) is 6.54 Å². The zero-order valence-electron chi connectivity index (χ0n) is 17.6. The van der Waals surface area contributed by atoms with Crippen LogP contribution >= 0.6 is 0 Å². The average Bonchev–Trinajstić information content (AvgIpc) is 3.48. The fraction of sp³-hybridized carbons (Fsp3) is 0.609. The fourth-order valence-electron chi connectivity index (χ4n) is 5.25. The summed E-state index contributed by atoms with van der Waals surface area (Å²) in [6.07, 6.45) is 7.43. The molecule has 160 valence electrons. The summed E-state index contributed by atoms with van der Waals surface area (Å²) in [5, 5.41) is 9.13. The first-order valence-corrected chi connectivity index (χ1v) is 11.4. The van der Waals surface area contributed by atoms with Gasteiger partial charge in [-0.3, -0.25) is 9.69 Å². The van der Waals surface area contributed by atoms with Crippen molar-refractivity contribution in [2.45, 2.75) is 63.6 Å². The highest BCUT2D eigenvalue weighted by molar-refractivity contribution is 5.78. The molecule has 1 aromatic carbocycles. The molecule has 1 saturated heterocycles. The minimum atomic E-state index is 0.0503. The number of hydrogen-bond acceptors (Lipinski definition) is 5. The third kappa shape index (κ3) is 4.08. The molecule has 0 N–H and O–H groups in total. The standard InChI is InChI=1S/C23H31N5O2/c29-22(17-30-20-10-2-1-3-11-20)27-12-6-7-18(15-27)23-25-24-21-16-26(13-14-28(21)23)19-8-4-5-9-19/h1-3,10-11,18-19H,4-9,12-17H2. The summed E-state index contributed by atoms with van der Waals surface area (Å²) >= 11 is 0. The Balaban J connectivity index is 1.21. The molecule has 1 aromatic heterocycles. The number of amides is 1. The SMILES string of the molecule is O=C(COc1ccccc1)N1CCCC(c2nnc3n2CCN(C2CCCC2)C3)C1. The summed E-state index contributed by atoms with van der Waals surface area (Å²) in [7, 11) is 0. The zero-order chi connectivity index (χ0) is 20.3. The summed E-state index contributed by atoms with van der Waals surface area (Å²) in [6.45, 7) is 4.56. The molecule has 0 bridgehead atoms. The number of rotatable bonds is 5.